The van der Waals surface area contributed by atoms with Crippen LogP contribution in [0.15, 0.2) is 36.4 Å². The molecule has 0 atom stereocenters. The number of benzene rings is 2. The SMILES string of the molecule is COc1c(N)cccc1C(=O)Nc1ccc(C)c(Cl)c1. The maximum absolute atomic E-state index is 12.3. The zero-order valence-electron chi connectivity index (χ0n) is 11.2. The lowest BCUT2D eigenvalue weighted by atomic mass is 10.1. The van der Waals surface area contributed by atoms with Gasteiger partial charge in [-0.15, -0.1) is 0 Å². The third-order valence-electron chi connectivity index (χ3n) is 2.92. The molecule has 0 fully saturated rings. The molecule has 0 saturated heterocycles. The summed E-state index contributed by atoms with van der Waals surface area (Å²) in [7, 11) is 1.48. The number of nitrogens with two attached hydrogens (primary N) is 1. The number of halogens is 1. The highest BCUT2D eigenvalue weighted by Gasteiger charge is 2.14. The Hall–Kier alpha value is -2.20. The molecular weight excluding hydrogens is 276 g/mol. The second kappa shape index (κ2) is 5.84. The van der Waals surface area contributed by atoms with E-state index in [0.717, 1.165) is 5.56 Å². The van der Waals surface area contributed by atoms with E-state index in [9.17, 15) is 4.79 Å². The molecule has 3 N–H and O–H groups in total. The number of amides is 1. The standard InChI is InChI=1S/C15H15ClN2O2/c1-9-6-7-10(8-12(9)16)18-15(19)11-4-3-5-13(17)14(11)20-2/h3-8H,17H2,1-2H3,(H,18,19). The van der Waals surface area contributed by atoms with Crippen molar-refractivity contribution in [3.63, 3.8) is 0 Å². The summed E-state index contributed by atoms with van der Waals surface area (Å²) in [6.07, 6.45) is 0. The Morgan fingerprint density at radius 3 is 2.70 bits per heavy atom. The van der Waals surface area contributed by atoms with Crippen molar-refractivity contribution < 1.29 is 9.53 Å². The Labute approximate surface area is 122 Å². The molecule has 0 radical (unpaired) electrons. The lowest BCUT2D eigenvalue weighted by Gasteiger charge is -2.11. The minimum absolute atomic E-state index is 0.297. The van der Waals surface area contributed by atoms with Gasteiger partial charge in [0.05, 0.1) is 18.4 Å². The number of para-hydroxylation sites is 1. The molecule has 0 aliphatic rings. The summed E-state index contributed by atoms with van der Waals surface area (Å²) < 4.78 is 5.17. The van der Waals surface area contributed by atoms with E-state index in [1.807, 2.05) is 13.0 Å². The maximum atomic E-state index is 12.3. The van der Waals surface area contributed by atoms with Gasteiger partial charge in [-0.3, -0.25) is 4.79 Å². The second-order valence-electron chi connectivity index (χ2n) is 4.35. The monoisotopic (exact) mass is 290 g/mol. The van der Waals surface area contributed by atoms with E-state index in [0.29, 0.717) is 27.7 Å². The second-order valence-corrected chi connectivity index (χ2v) is 4.75. The molecule has 0 aromatic heterocycles. The molecule has 2 aromatic carbocycles. The Kier molecular flexibility index (Phi) is 4.15. The van der Waals surface area contributed by atoms with E-state index in [-0.39, 0.29) is 5.91 Å². The molecule has 1 amide bonds. The van der Waals surface area contributed by atoms with Crippen molar-refractivity contribution in [3.8, 4) is 5.75 Å². The normalized spacial score (nSPS) is 10.2. The predicted molar refractivity (Wildman–Crippen MR) is 81.5 cm³/mol. The van der Waals surface area contributed by atoms with Gasteiger partial charge in [-0.25, -0.2) is 0 Å². The zero-order chi connectivity index (χ0) is 14.7. The van der Waals surface area contributed by atoms with Gasteiger partial charge in [0.2, 0.25) is 0 Å². The lowest BCUT2D eigenvalue weighted by molar-refractivity contribution is 0.102. The van der Waals surface area contributed by atoms with Crippen LogP contribution in [0.25, 0.3) is 0 Å². The van der Waals surface area contributed by atoms with Gasteiger partial charge in [-0.05, 0) is 36.8 Å². The molecule has 0 aliphatic carbocycles. The van der Waals surface area contributed by atoms with Gasteiger partial charge in [0, 0.05) is 10.7 Å². The molecular formula is C15H15ClN2O2. The number of anilines is 2. The smallest absolute Gasteiger partial charge is 0.259 e. The summed E-state index contributed by atoms with van der Waals surface area (Å²) >= 11 is 6.03. The van der Waals surface area contributed by atoms with Gasteiger partial charge in [0.15, 0.2) is 5.75 Å². The van der Waals surface area contributed by atoms with Crippen LogP contribution in [-0.2, 0) is 0 Å². The fourth-order valence-corrected chi connectivity index (χ4v) is 2.01. The minimum atomic E-state index is -0.297. The van der Waals surface area contributed by atoms with E-state index >= 15 is 0 Å². The summed E-state index contributed by atoms with van der Waals surface area (Å²) in [5.41, 5.74) is 8.15. The molecule has 2 aromatic rings. The Bertz CT molecular complexity index is 656. The van der Waals surface area contributed by atoms with Crippen molar-refractivity contribution in [2.75, 3.05) is 18.2 Å². The van der Waals surface area contributed by atoms with Crippen LogP contribution in [0.3, 0.4) is 0 Å². The number of hydrogen-bond donors (Lipinski definition) is 2. The van der Waals surface area contributed by atoms with Gasteiger partial charge in [-0.2, -0.15) is 0 Å². The first-order chi connectivity index (χ1) is 9.52. The number of ether oxygens (including phenoxy) is 1. The predicted octanol–water partition coefficient (Wildman–Crippen LogP) is 3.49. The van der Waals surface area contributed by atoms with E-state index in [2.05, 4.69) is 5.32 Å². The fraction of sp³-hybridized carbons (Fsp3) is 0.133. The fourth-order valence-electron chi connectivity index (χ4n) is 1.83. The summed E-state index contributed by atoms with van der Waals surface area (Å²) in [4.78, 5) is 12.3. The Morgan fingerprint density at radius 2 is 2.05 bits per heavy atom. The number of carbonyl (C=O) groups excluding carboxylic acids is 1. The van der Waals surface area contributed by atoms with Crippen LogP contribution in [0.4, 0.5) is 11.4 Å². The first-order valence-electron chi connectivity index (χ1n) is 6.03. The molecule has 0 heterocycles. The third kappa shape index (κ3) is 2.86. The van der Waals surface area contributed by atoms with Gasteiger partial charge < -0.3 is 15.8 Å². The van der Waals surface area contributed by atoms with Crippen molar-refractivity contribution in [1.29, 1.82) is 0 Å². The van der Waals surface area contributed by atoms with Crippen molar-refractivity contribution in [1.82, 2.24) is 0 Å². The molecule has 0 aliphatic heterocycles. The first kappa shape index (κ1) is 14.2. The van der Waals surface area contributed by atoms with Gasteiger partial charge >= 0.3 is 0 Å². The van der Waals surface area contributed by atoms with Gasteiger partial charge in [-0.1, -0.05) is 23.7 Å². The largest absolute Gasteiger partial charge is 0.494 e. The van der Waals surface area contributed by atoms with Crippen molar-refractivity contribution in [2.24, 2.45) is 0 Å². The number of aryl methyl sites for hydroxylation is 1. The molecule has 104 valence electrons. The molecule has 4 nitrogen and oxygen atoms in total. The van der Waals surface area contributed by atoms with Crippen molar-refractivity contribution in [3.05, 3.63) is 52.5 Å². The third-order valence-corrected chi connectivity index (χ3v) is 3.33. The van der Waals surface area contributed by atoms with E-state index < -0.39 is 0 Å². The van der Waals surface area contributed by atoms with Crippen LogP contribution in [0.5, 0.6) is 5.75 Å². The topological polar surface area (TPSA) is 64.3 Å². The quantitative estimate of drug-likeness (QED) is 0.851. The average molecular weight is 291 g/mol. The first-order valence-corrected chi connectivity index (χ1v) is 6.40. The molecule has 0 unspecified atom stereocenters. The highest BCUT2D eigenvalue weighted by Crippen LogP contribution is 2.27. The zero-order valence-corrected chi connectivity index (χ0v) is 12.0. The molecule has 0 spiro atoms. The van der Waals surface area contributed by atoms with E-state index in [1.165, 1.54) is 7.11 Å². The molecule has 5 heteroatoms. The van der Waals surface area contributed by atoms with Gasteiger partial charge in [0.25, 0.3) is 5.91 Å². The Morgan fingerprint density at radius 1 is 1.30 bits per heavy atom. The number of nitrogens with one attached hydrogen (secondary N) is 1. The maximum Gasteiger partial charge on any atom is 0.259 e. The van der Waals surface area contributed by atoms with Gasteiger partial charge in [0.1, 0.15) is 0 Å². The minimum Gasteiger partial charge on any atom is -0.494 e. The molecule has 0 bridgehead atoms. The highest BCUT2D eigenvalue weighted by atomic mass is 35.5. The van der Waals surface area contributed by atoms with Crippen LogP contribution < -0.4 is 15.8 Å². The van der Waals surface area contributed by atoms with Crippen LogP contribution in [0, 0.1) is 6.92 Å². The Balaban J connectivity index is 2.28. The summed E-state index contributed by atoms with van der Waals surface area (Å²) in [6, 6.07) is 10.4. The number of rotatable bonds is 3. The average Bonchev–Trinajstić information content (AvgIpc) is 2.42. The lowest BCUT2D eigenvalue weighted by Crippen LogP contribution is -2.14. The van der Waals surface area contributed by atoms with Crippen LogP contribution >= 0.6 is 11.6 Å². The van der Waals surface area contributed by atoms with Crippen molar-refractivity contribution in [2.45, 2.75) is 6.92 Å². The van der Waals surface area contributed by atoms with Crippen LogP contribution in [-0.4, -0.2) is 13.0 Å². The number of nitrogen functional groups attached to an aromatic ring is 1. The number of carbonyl (C=O) groups is 1. The molecule has 20 heavy (non-hydrogen) atoms. The van der Waals surface area contributed by atoms with Crippen LogP contribution in [0.2, 0.25) is 5.02 Å². The molecule has 2 rings (SSSR count). The van der Waals surface area contributed by atoms with E-state index in [4.69, 9.17) is 22.1 Å². The molecule has 0 saturated carbocycles. The highest BCUT2D eigenvalue weighted by molar-refractivity contribution is 6.31. The van der Waals surface area contributed by atoms with Crippen LogP contribution in [0.1, 0.15) is 15.9 Å². The number of hydrogen-bond acceptors (Lipinski definition) is 3. The summed E-state index contributed by atoms with van der Waals surface area (Å²) in [5, 5.41) is 3.37. The number of methoxy groups -OCH3 is 1. The summed E-state index contributed by atoms with van der Waals surface area (Å²) in [6.45, 7) is 1.90. The van der Waals surface area contributed by atoms with E-state index in [1.54, 1.807) is 30.3 Å². The summed E-state index contributed by atoms with van der Waals surface area (Å²) in [5.74, 6) is 0.0669. The van der Waals surface area contributed by atoms with Crippen molar-refractivity contribution >= 4 is 28.9 Å².